The van der Waals surface area contributed by atoms with Gasteiger partial charge in [0.25, 0.3) is 0 Å². The van der Waals surface area contributed by atoms with Crippen molar-refractivity contribution < 1.29 is 14.0 Å². The van der Waals surface area contributed by atoms with Crippen LogP contribution < -0.4 is 11.1 Å². The van der Waals surface area contributed by atoms with Crippen molar-refractivity contribution in [3.8, 4) is 0 Å². The summed E-state index contributed by atoms with van der Waals surface area (Å²) in [5, 5.41) is 2.44. The standard InChI is InChI=1S/C9H12BrN3O3/c10-7-2-3-8(16-7)12-9(15)13(6-14)5-1-4-11/h2-3,6H,1,4-5,11H2,(H,12,15). The average molecular weight is 290 g/mol. The summed E-state index contributed by atoms with van der Waals surface area (Å²) < 4.78 is 5.57. The zero-order valence-corrected chi connectivity index (χ0v) is 10.1. The quantitative estimate of drug-likeness (QED) is 0.802. The number of halogens is 1. The minimum atomic E-state index is -0.537. The highest BCUT2D eigenvalue weighted by atomic mass is 79.9. The van der Waals surface area contributed by atoms with Gasteiger partial charge in [-0.1, -0.05) is 0 Å². The van der Waals surface area contributed by atoms with Gasteiger partial charge < -0.3 is 10.2 Å². The number of hydrogen-bond donors (Lipinski definition) is 2. The van der Waals surface area contributed by atoms with Gasteiger partial charge in [0, 0.05) is 12.6 Å². The first-order chi connectivity index (χ1) is 7.67. The number of furan rings is 1. The van der Waals surface area contributed by atoms with E-state index in [0.29, 0.717) is 24.0 Å². The SMILES string of the molecule is NCCCN(C=O)C(=O)Nc1ccc(Br)o1. The van der Waals surface area contributed by atoms with Crippen LogP contribution in [0.4, 0.5) is 10.7 Å². The summed E-state index contributed by atoms with van der Waals surface area (Å²) >= 11 is 3.10. The molecule has 16 heavy (non-hydrogen) atoms. The van der Waals surface area contributed by atoms with Crippen molar-refractivity contribution in [2.24, 2.45) is 5.73 Å². The zero-order valence-electron chi connectivity index (χ0n) is 8.48. The van der Waals surface area contributed by atoms with Crippen LogP contribution in [-0.2, 0) is 4.79 Å². The Morgan fingerprint density at radius 3 is 2.88 bits per heavy atom. The van der Waals surface area contributed by atoms with E-state index in [2.05, 4.69) is 21.2 Å². The lowest BCUT2D eigenvalue weighted by Crippen LogP contribution is -2.35. The van der Waals surface area contributed by atoms with E-state index >= 15 is 0 Å². The minimum absolute atomic E-state index is 0.275. The first-order valence-corrected chi connectivity index (χ1v) is 5.45. The summed E-state index contributed by atoms with van der Waals surface area (Å²) in [7, 11) is 0. The van der Waals surface area contributed by atoms with Gasteiger partial charge in [-0.3, -0.25) is 15.0 Å². The van der Waals surface area contributed by atoms with Gasteiger partial charge in [-0.15, -0.1) is 0 Å². The molecule has 0 radical (unpaired) electrons. The van der Waals surface area contributed by atoms with Gasteiger partial charge >= 0.3 is 6.03 Å². The molecule has 6 nitrogen and oxygen atoms in total. The molecule has 1 aromatic heterocycles. The molecular formula is C9H12BrN3O3. The lowest BCUT2D eigenvalue weighted by Gasteiger charge is -2.14. The van der Waals surface area contributed by atoms with E-state index in [9.17, 15) is 9.59 Å². The van der Waals surface area contributed by atoms with Crippen LogP contribution in [-0.4, -0.2) is 30.4 Å². The Bertz CT molecular complexity index is 367. The van der Waals surface area contributed by atoms with Crippen LogP contribution >= 0.6 is 15.9 Å². The maximum atomic E-state index is 11.5. The molecule has 0 bridgehead atoms. The van der Waals surface area contributed by atoms with Gasteiger partial charge in [0.15, 0.2) is 4.67 Å². The Hall–Kier alpha value is -1.34. The maximum Gasteiger partial charge on any atom is 0.330 e. The predicted molar refractivity (Wildman–Crippen MR) is 61.9 cm³/mol. The van der Waals surface area contributed by atoms with Crippen molar-refractivity contribution >= 4 is 34.3 Å². The number of hydrogen-bond acceptors (Lipinski definition) is 4. The number of imide groups is 1. The number of nitrogens with zero attached hydrogens (tertiary/aromatic N) is 1. The fourth-order valence-corrected chi connectivity index (χ4v) is 1.33. The average Bonchev–Trinajstić information content (AvgIpc) is 2.65. The molecule has 1 aromatic rings. The van der Waals surface area contributed by atoms with Crippen molar-refractivity contribution in [2.75, 3.05) is 18.4 Å². The zero-order chi connectivity index (χ0) is 12.0. The monoisotopic (exact) mass is 289 g/mol. The summed E-state index contributed by atoms with van der Waals surface area (Å²) in [5.74, 6) is 0.275. The van der Waals surface area contributed by atoms with Crippen LogP contribution in [0.3, 0.4) is 0 Å². The topological polar surface area (TPSA) is 88.6 Å². The number of nitrogens with two attached hydrogens (primary N) is 1. The number of urea groups is 1. The van der Waals surface area contributed by atoms with E-state index in [1.807, 2.05) is 0 Å². The number of anilines is 1. The molecule has 0 fully saturated rings. The molecular weight excluding hydrogens is 278 g/mol. The van der Waals surface area contributed by atoms with E-state index in [0.717, 1.165) is 4.90 Å². The van der Waals surface area contributed by atoms with E-state index in [1.165, 1.54) is 0 Å². The largest absolute Gasteiger partial charge is 0.434 e. The minimum Gasteiger partial charge on any atom is -0.434 e. The molecule has 0 aromatic carbocycles. The molecule has 0 spiro atoms. The molecule has 3 amide bonds. The van der Waals surface area contributed by atoms with Gasteiger partial charge in [0.05, 0.1) is 0 Å². The first-order valence-electron chi connectivity index (χ1n) is 4.65. The van der Waals surface area contributed by atoms with E-state index in [-0.39, 0.29) is 12.4 Å². The number of nitrogens with one attached hydrogen (secondary N) is 1. The van der Waals surface area contributed by atoms with Gasteiger partial charge in [0.2, 0.25) is 12.3 Å². The first kappa shape index (κ1) is 12.7. The fraction of sp³-hybridized carbons (Fsp3) is 0.333. The second kappa shape index (κ2) is 6.29. The molecule has 1 heterocycles. The Balaban J connectivity index is 2.52. The summed E-state index contributed by atoms with van der Waals surface area (Å²) in [6.07, 6.45) is 1.02. The van der Waals surface area contributed by atoms with Gasteiger partial charge in [0.1, 0.15) is 0 Å². The maximum absolute atomic E-state index is 11.5. The smallest absolute Gasteiger partial charge is 0.330 e. The van der Waals surface area contributed by atoms with Crippen molar-refractivity contribution in [3.05, 3.63) is 16.8 Å². The summed E-state index contributed by atoms with van der Waals surface area (Å²) in [6, 6.07) is 2.68. The number of rotatable bonds is 5. The lowest BCUT2D eigenvalue weighted by atomic mass is 10.4. The Morgan fingerprint density at radius 2 is 2.38 bits per heavy atom. The molecule has 1 rings (SSSR count). The van der Waals surface area contributed by atoms with Crippen molar-refractivity contribution in [2.45, 2.75) is 6.42 Å². The summed E-state index contributed by atoms with van der Waals surface area (Å²) in [5.41, 5.74) is 5.29. The number of amides is 3. The Morgan fingerprint density at radius 1 is 1.62 bits per heavy atom. The molecule has 0 saturated heterocycles. The molecule has 0 aliphatic carbocycles. The lowest BCUT2D eigenvalue weighted by molar-refractivity contribution is -0.115. The van der Waals surface area contributed by atoms with Gasteiger partial charge in [-0.2, -0.15) is 0 Å². The normalized spacial score (nSPS) is 9.88. The Labute approximate surface area is 101 Å². The third kappa shape index (κ3) is 3.67. The summed E-state index contributed by atoms with van der Waals surface area (Å²) in [4.78, 5) is 23.2. The van der Waals surface area contributed by atoms with E-state index in [1.54, 1.807) is 12.1 Å². The second-order valence-electron chi connectivity index (χ2n) is 2.97. The van der Waals surface area contributed by atoms with Crippen LogP contribution in [0.2, 0.25) is 0 Å². The number of carbonyl (C=O) groups excluding carboxylic acids is 2. The Kier molecular flexibility index (Phi) is 5.00. The molecule has 7 heteroatoms. The number of carbonyl (C=O) groups is 2. The predicted octanol–water partition coefficient (Wildman–Crippen LogP) is 1.38. The molecule has 3 N–H and O–H groups in total. The fourth-order valence-electron chi connectivity index (χ4n) is 1.02. The van der Waals surface area contributed by atoms with Gasteiger partial charge in [-0.25, -0.2) is 4.79 Å². The molecule has 88 valence electrons. The van der Waals surface area contributed by atoms with Crippen LogP contribution in [0.5, 0.6) is 0 Å². The summed E-state index contributed by atoms with van der Waals surface area (Å²) in [6.45, 7) is 0.706. The molecule has 0 saturated carbocycles. The highest BCUT2D eigenvalue weighted by Gasteiger charge is 2.13. The van der Waals surface area contributed by atoms with E-state index in [4.69, 9.17) is 10.2 Å². The van der Waals surface area contributed by atoms with E-state index < -0.39 is 6.03 Å². The highest BCUT2D eigenvalue weighted by Crippen LogP contribution is 2.18. The third-order valence-corrected chi connectivity index (χ3v) is 2.22. The third-order valence-electron chi connectivity index (χ3n) is 1.79. The molecule has 0 atom stereocenters. The van der Waals surface area contributed by atoms with Crippen molar-refractivity contribution in [3.63, 3.8) is 0 Å². The van der Waals surface area contributed by atoms with Gasteiger partial charge in [-0.05, 0) is 35.0 Å². The van der Waals surface area contributed by atoms with Crippen molar-refractivity contribution in [1.29, 1.82) is 0 Å². The van der Waals surface area contributed by atoms with Crippen molar-refractivity contribution in [1.82, 2.24) is 4.90 Å². The highest BCUT2D eigenvalue weighted by molar-refractivity contribution is 9.10. The second-order valence-corrected chi connectivity index (χ2v) is 3.76. The van der Waals surface area contributed by atoms with Crippen LogP contribution in [0.1, 0.15) is 6.42 Å². The molecule has 0 unspecified atom stereocenters. The molecule has 0 aliphatic heterocycles. The molecule has 0 aliphatic rings. The van der Waals surface area contributed by atoms with Crippen LogP contribution in [0.15, 0.2) is 21.2 Å². The van der Waals surface area contributed by atoms with Crippen LogP contribution in [0, 0.1) is 0 Å². The van der Waals surface area contributed by atoms with Crippen LogP contribution in [0.25, 0.3) is 0 Å².